The van der Waals surface area contributed by atoms with Crippen LogP contribution in [0.4, 0.5) is 5.69 Å². The molecule has 0 radical (unpaired) electrons. The first kappa shape index (κ1) is 13.9. The van der Waals surface area contributed by atoms with E-state index in [0.717, 1.165) is 5.69 Å². The molecule has 104 valence electrons. The number of nitrogens with two attached hydrogens (primary N) is 1. The molecule has 0 aliphatic heterocycles. The molecular weight excluding hydrogens is 236 g/mol. The lowest BCUT2D eigenvalue weighted by Crippen LogP contribution is -2.37. The van der Waals surface area contributed by atoms with E-state index in [1.54, 1.807) is 0 Å². The molecule has 1 saturated carbocycles. The highest BCUT2D eigenvalue weighted by Gasteiger charge is 2.11. The third-order valence-corrected chi connectivity index (χ3v) is 3.56. The molecule has 1 fully saturated rings. The van der Waals surface area contributed by atoms with Crippen LogP contribution in [0, 0.1) is 0 Å². The zero-order chi connectivity index (χ0) is 13.3. The minimum atomic E-state index is 0.391. The summed E-state index contributed by atoms with van der Waals surface area (Å²) in [6.45, 7) is 0. The molecule has 0 saturated heterocycles. The van der Waals surface area contributed by atoms with Gasteiger partial charge in [-0.25, -0.2) is 10.8 Å². The molecule has 1 aliphatic carbocycles. The van der Waals surface area contributed by atoms with Crippen LogP contribution >= 0.6 is 0 Å². The molecule has 4 N–H and O–H groups in total. The predicted octanol–water partition coefficient (Wildman–Crippen LogP) is 3.03. The molecule has 0 atom stereocenters. The molecule has 0 aromatic heterocycles. The van der Waals surface area contributed by atoms with Crippen LogP contribution in [0.3, 0.4) is 0 Å². The Hall–Kier alpha value is -1.55. The summed E-state index contributed by atoms with van der Waals surface area (Å²) in [4.78, 5) is 4.72. The summed E-state index contributed by atoms with van der Waals surface area (Å²) in [5.41, 5.74) is 3.68. The van der Waals surface area contributed by atoms with E-state index in [9.17, 15) is 0 Å². The van der Waals surface area contributed by atoms with Crippen molar-refractivity contribution < 1.29 is 0 Å². The van der Waals surface area contributed by atoms with Gasteiger partial charge < -0.3 is 5.32 Å². The van der Waals surface area contributed by atoms with E-state index in [2.05, 4.69) is 10.7 Å². The lowest BCUT2D eigenvalue weighted by atomic mass is 9.97. The van der Waals surface area contributed by atoms with Crippen molar-refractivity contribution in [1.29, 1.82) is 0 Å². The average molecular weight is 260 g/mol. The van der Waals surface area contributed by atoms with Crippen molar-refractivity contribution in [1.82, 2.24) is 5.43 Å². The van der Waals surface area contributed by atoms with E-state index in [4.69, 9.17) is 10.8 Å². The summed E-state index contributed by atoms with van der Waals surface area (Å²) in [5.74, 6) is 6.23. The van der Waals surface area contributed by atoms with Crippen molar-refractivity contribution in [3.63, 3.8) is 0 Å². The Bertz CT molecular complexity index is 380. The first-order valence-corrected chi connectivity index (χ1v) is 7.25. The monoisotopic (exact) mass is 260 g/mol. The van der Waals surface area contributed by atoms with Crippen molar-refractivity contribution in [3.05, 3.63) is 30.3 Å². The van der Waals surface area contributed by atoms with Crippen LogP contribution in [0.2, 0.25) is 0 Å². The minimum absolute atomic E-state index is 0.391. The zero-order valence-corrected chi connectivity index (χ0v) is 11.4. The molecule has 4 heteroatoms. The van der Waals surface area contributed by atoms with Crippen LogP contribution in [0.5, 0.6) is 0 Å². The van der Waals surface area contributed by atoms with Gasteiger partial charge in [0.1, 0.15) is 0 Å². The third kappa shape index (κ3) is 4.91. The first-order chi connectivity index (χ1) is 9.38. The van der Waals surface area contributed by atoms with Gasteiger partial charge in [0.25, 0.3) is 0 Å². The van der Waals surface area contributed by atoms with E-state index in [-0.39, 0.29) is 0 Å². The van der Waals surface area contributed by atoms with Gasteiger partial charge in [-0.05, 0) is 25.0 Å². The van der Waals surface area contributed by atoms with Crippen molar-refractivity contribution in [3.8, 4) is 0 Å². The maximum Gasteiger partial charge on any atom is 0.210 e. The molecule has 1 aliphatic rings. The number of hydrogen-bond donors (Lipinski definition) is 3. The number of hydrazine groups is 1. The average Bonchev–Trinajstić information content (AvgIpc) is 2.41. The second-order valence-corrected chi connectivity index (χ2v) is 5.11. The van der Waals surface area contributed by atoms with Crippen molar-refractivity contribution in [2.24, 2.45) is 10.8 Å². The second kappa shape index (κ2) is 7.79. The molecule has 1 aromatic rings. The van der Waals surface area contributed by atoms with E-state index < -0.39 is 0 Å². The minimum Gasteiger partial charge on any atom is -0.325 e. The van der Waals surface area contributed by atoms with Gasteiger partial charge in [0.05, 0.1) is 6.04 Å². The maximum atomic E-state index is 5.56. The smallest absolute Gasteiger partial charge is 0.210 e. The van der Waals surface area contributed by atoms with Gasteiger partial charge in [0.15, 0.2) is 0 Å². The van der Waals surface area contributed by atoms with Gasteiger partial charge in [0, 0.05) is 5.69 Å². The maximum absolute atomic E-state index is 5.56. The van der Waals surface area contributed by atoms with Crippen LogP contribution in [0.15, 0.2) is 35.3 Å². The Morgan fingerprint density at radius 3 is 2.26 bits per heavy atom. The number of hydrogen-bond acceptors (Lipinski definition) is 2. The van der Waals surface area contributed by atoms with E-state index >= 15 is 0 Å². The SMILES string of the molecule is NNC(=NC1CCCCCCC1)Nc1ccccc1. The number of rotatable bonds is 2. The number of nitrogens with zero attached hydrogens (tertiary/aromatic N) is 1. The normalized spacial score (nSPS) is 18.5. The molecular formula is C15H24N4. The fraction of sp³-hybridized carbons (Fsp3) is 0.533. The Labute approximate surface area is 115 Å². The van der Waals surface area contributed by atoms with E-state index in [1.807, 2.05) is 30.3 Å². The highest BCUT2D eigenvalue weighted by atomic mass is 15.3. The predicted molar refractivity (Wildman–Crippen MR) is 80.9 cm³/mol. The highest BCUT2D eigenvalue weighted by Crippen LogP contribution is 2.19. The van der Waals surface area contributed by atoms with Gasteiger partial charge in [-0.1, -0.05) is 50.3 Å². The van der Waals surface area contributed by atoms with Gasteiger partial charge in [-0.3, -0.25) is 5.43 Å². The topological polar surface area (TPSA) is 62.4 Å². The molecule has 0 spiro atoms. The molecule has 0 unspecified atom stereocenters. The molecule has 0 bridgehead atoms. The number of benzene rings is 1. The third-order valence-electron chi connectivity index (χ3n) is 3.56. The van der Waals surface area contributed by atoms with Crippen molar-refractivity contribution in [2.45, 2.75) is 51.0 Å². The fourth-order valence-electron chi connectivity index (χ4n) is 2.51. The van der Waals surface area contributed by atoms with Crippen molar-refractivity contribution >= 4 is 11.6 Å². The molecule has 4 nitrogen and oxygen atoms in total. The van der Waals surface area contributed by atoms with Crippen LogP contribution in [0.25, 0.3) is 0 Å². The Morgan fingerprint density at radius 2 is 1.63 bits per heavy atom. The fourth-order valence-corrected chi connectivity index (χ4v) is 2.51. The standard InChI is InChI=1S/C15H24N4/c16-19-15(18-14-11-7-4-8-12-14)17-13-9-5-2-1-3-6-10-13/h4,7-8,11-13H,1-3,5-6,9-10,16H2,(H2,17,18,19). The van der Waals surface area contributed by atoms with Gasteiger partial charge >= 0.3 is 0 Å². The Morgan fingerprint density at radius 1 is 1.00 bits per heavy atom. The van der Waals surface area contributed by atoms with Crippen LogP contribution < -0.4 is 16.6 Å². The van der Waals surface area contributed by atoms with Gasteiger partial charge in [0.2, 0.25) is 5.96 Å². The summed E-state index contributed by atoms with van der Waals surface area (Å²) >= 11 is 0. The highest BCUT2D eigenvalue weighted by molar-refractivity contribution is 5.93. The number of nitrogens with one attached hydrogen (secondary N) is 2. The number of anilines is 1. The lowest BCUT2D eigenvalue weighted by Gasteiger charge is -2.18. The summed E-state index contributed by atoms with van der Waals surface area (Å²) in [6, 6.07) is 10.4. The summed E-state index contributed by atoms with van der Waals surface area (Å²) in [6.07, 6.45) is 8.94. The quantitative estimate of drug-likeness (QED) is 0.331. The zero-order valence-electron chi connectivity index (χ0n) is 11.4. The molecule has 0 amide bonds. The summed E-state index contributed by atoms with van der Waals surface area (Å²) in [7, 11) is 0. The number of guanidine groups is 1. The van der Waals surface area contributed by atoms with Gasteiger partial charge in [-0.2, -0.15) is 0 Å². The molecule has 2 rings (SSSR count). The number of aliphatic imine (C=N–C) groups is 1. The first-order valence-electron chi connectivity index (χ1n) is 7.25. The van der Waals surface area contributed by atoms with Crippen molar-refractivity contribution in [2.75, 3.05) is 5.32 Å². The largest absolute Gasteiger partial charge is 0.325 e. The molecule has 1 aromatic carbocycles. The second-order valence-electron chi connectivity index (χ2n) is 5.11. The lowest BCUT2D eigenvalue weighted by molar-refractivity contribution is 0.454. The van der Waals surface area contributed by atoms with Gasteiger partial charge in [-0.15, -0.1) is 0 Å². The van der Waals surface area contributed by atoms with Crippen LogP contribution in [-0.2, 0) is 0 Å². The Kier molecular flexibility index (Phi) is 5.69. The van der Waals surface area contributed by atoms with Crippen LogP contribution in [0.1, 0.15) is 44.9 Å². The van der Waals surface area contributed by atoms with E-state index in [0.29, 0.717) is 12.0 Å². The summed E-state index contributed by atoms with van der Waals surface area (Å²) in [5, 5.41) is 3.23. The molecule has 0 heterocycles. The summed E-state index contributed by atoms with van der Waals surface area (Å²) < 4.78 is 0. The van der Waals surface area contributed by atoms with Crippen LogP contribution in [-0.4, -0.2) is 12.0 Å². The molecule has 19 heavy (non-hydrogen) atoms. The van der Waals surface area contributed by atoms with E-state index in [1.165, 1.54) is 44.9 Å². The number of para-hydroxylation sites is 1. The Balaban J connectivity index is 1.96.